The van der Waals surface area contributed by atoms with Crippen LogP contribution in [-0.2, 0) is 14.3 Å². The summed E-state index contributed by atoms with van der Waals surface area (Å²) in [5.74, 6) is 0.718. The van der Waals surface area contributed by atoms with Crippen LogP contribution in [0, 0.1) is 5.92 Å². The van der Waals surface area contributed by atoms with E-state index in [-0.39, 0.29) is 30.4 Å². The zero-order valence-corrected chi connectivity index (χ0v) is 21.7. The van der Waals surface area contributed by atoms with Gasteiger partial charge in [0.1, 0.15) is 11.5 Å². The van der Waals surface area contributed by atoms with E-state index in [1.165, 1.54) is 5.01 Å². The van der Waals surface area contributed by atoms with Crippen molar-refractivity contribution in [2.24, 2.45) is 11.0 Å². The normalized spacial score (nSPS) is 20.1. The summed E-state index contributed by atoms with van der Waals surface area (Å²) in [6.45, 7) is 3.55. The molecule has 1 amide bonds. The first-order valence-electron chi connectivity index (χ1n) is 12.2. The van der Waals surface area contributed by atoms with Crippen molar-refractivity contribution in [2.45, 2.75) is 32.2 Å². The number of amides is 1. The third kappa shape index (κ3) is 5.65. The van der Waals surface area contributed by atoms with Crippen LogP contribution >= 0.6 is 11.6 Å². The molecule has 9 heteroatoms. The molecule has 0 aromatic heterocycles. The van der Waals surface area contributed by atoms with Crippen LogP contribution in [0.15, 0.2) is 47.6 Å². The first-order chi connectivity index (χ1) is 17.4. The average Bonchev–Trinajstić information content (AvgIpc) is 3.34. The van der Waals surface area contributed by atoms with Gasteiger partial charge in [-0.25, -0.2) is 5.01 Å². The summed E-state index contributed by atoms with van der Waals surface area (Å²) >= 11 is 6.47. The first kappa shape index (κ1) is 26.0. The zero-order chi connectivity index (χ0) is 25.7. The molecule has 1 fully saturated rings. The number of rotatable bonds is 8. The zero-order valence-electron chi connectivity index (χ0n) is 20.9. The topological polar surface area (TPSA) is 80.7 Å². The van der Waals surface area contributed by atoms with Gasteiger partial charge in [-0.05, 0) is 44.5 Å². The molecule has 0 N–H and O–H groups in total. The van der Waals surface area contributed by atoms with Gasteiger partial charge >= 0.3 is 5.97 Å². The Morgan fingerprint density at radius 1 is 1.14 bits per heavy atom. The number of piperidine rings is 1. The maximum atomic E-state index is 13.6. The van der Waals surface area contributed by atoms with E-state index < -0.39 is 0 Å². The fourth-order valence-corrected chi connectivity index (χ4v) is 5.09. The Balaban J connectivity index is 1.61. The van der Waals surface area contributed by atoms with Gasteiger partial charge in [0.25, 0.3) is 5.91 Å². The number of esters is 1. The molecule has 1 saturated heterocycles. The van der Waals surface area contributed by atoms with E-state index in [0.717, 1.165) is 36.2 Å². The molecule has 2 aromatic rings. The minimum absolute atomic E-state index is 0.149. The second kappa shape index (κ2) is 11.8. The second-order valence-electron chi connectivity index (χ2n) is 8.92. The Kier molecular flexibility index (Phi) is 8.48. The van der Waals surface area contributed by atoms with Crippen LogP contribution in [-0.4, -0.2) is 68.0 Å². The van der Waals surface area contributed by atoms with Crippen LogP contribution in [0.4, 0.5) is 0 Å². The largest absolute Gasteiger partial charge is 0.497 e. The summed E-state index contributed by atoms with van der Waals surface area (Å²) in [5, 5.41) is 6.88. The Labute approximate surface area is 216 Å². The average molecular weight is 514 g/mol. The molecule has 192 valence electrons. The smallest absolute Gasteiger partial charge is 0.310 e. The lowest BCUT2D eigenvalue weighted by atomic mass is 9.97. The van der Waals surface area contributed by atoms with Gasteiger partial charge < -0.3 is 14.2 Å². The minimum Gasteiger partial charge on any atom is -0.497 e. The van der Waals surface area contributed by atoms with E-state index in [2.05, 4.69) is 0 Å². The number of hydrazone groups is 1. The van der Waals surface area contributed by atoms with Gasteiger partial charge in [0.15, 0.2) is 0 Å². The number of nitrogens with zero attached hydrogens (tertiary/aromatic N) is 3. The highest BCUT2D eigenvalue weighted by atomic mass is 35.5. The van der Waals surface area contributed by atoms with Crippen molar-refractivity contribution in [1.82, 2.24) is 9.91 Å². The van der Waals surface area contributed by atoms with Crippen molar-refractivity contribution in [3.05, 3.63) is 58.6 Å². The van der Waals surface area contributed by atoms with Gasteiger partial charge in [0.2, 0.25) is 0 Å². The summed E-state index contributed by atoms with van der Waals surface area (Å²) in [7, 11) is 3.19. The number of halogens is 1. The Hall–Kier alpha value is -3.10. The lowest BCUT2D eigenvalue weighted by molar-refractivity contribution is -0.150. The molecule has 0 radical (unpaired) electrons. The highest BCUT2D eigenvalue weighted by molar-refractivity contribution is 6.34. The standard InChI is InChI=1S/C27H32ClN3O5/c1-4-36-27(33)18-8-7-13-30(16-18)17-26(32)31-24(21-12-11-19(34-2)14-25(21)35-3)15-23(29-31)20-9-5-6-10-22(20)28/h5-6,9-12,14,18,24H,4,7-8,13,15-17H2,1-3H3/t18-,24+/m1/s1. The number of hydrogen-bond donors (Lipinski definition) is 0. The van der Waals surface area contributed by atoms with Crippen LogP contribution < -0.4 is 9.47 Å². The minimum atomic E-state index is -0.365. The molecule has 0 saturated carbocycles. The lowest BCUT2D eigenvalue weighted by Crippen LogP contribution is -2.44. The Bertz CT molecular complexity index is 1140. The van der Waals surface area contributed by atoms with Crippen molar-refractivity contribution >= 4 is 29.2 Å². The van der Waals surface area contributed by atoms with Crippen LogP contribution in [0.25, 0.3) is 0 Å². The monoisotopic (exact) mass is 513 g/mol. The van der Waals surface area contributed by atoms with Crippen molar-refractivity contribution in [2.75, 3.05) is 40.5 Å². The summed E-state index contributed by atoms with van der Waals surface area (Å²) in [4.78, 5) is 27.9. The number of carbonyl (C=O) groups excluding carboxylic acids is 2. The molecule has 8 nitrogen and oxygen atoms in total. The first-order valence-corrected chi connectivity index (χ1v) is 12.6. The van der Waals surface area contributed by atoms with E-state index >= 15 is 0 Å². The fraction of sp³-hybridized carbons (Fsp3) is 0.444. The quantitative estimate of drug-likeness (QED) is 0.489. The summed E-state index contributed by atoms with van der Waals surface area (Å²) in [6.07, 6.45) is 2.10. The molecular weight excluding hydrogens is 482 g/mol. The third-order valence-electron chi connectivity index (χ3n) is 6.63. The molecule has 2 aliphatic rings. The molecule has 36 heavy (non-hydrogen) atoms. The van der Waals surface area contributed by atoms with Gasteiger partial charge in [0, 0.05) is 35.2 Å². The molecule has 2 heterocycles. The number of methoxy groups -OCH3 is 2. The van der Waals surface area contributed by atoms with E-state index in [0.29, 0.717) is 36.1 Å². The van der Waals surface area contributed by atoms with Crippen molar-refractivity contribution < 1.29 is 23.8 Å². The Morgan fingerprint density at radius 2 is 1.94 bits per heavy atom. The molecule has 0 spiro atoms. The molecule has 2 aromatic carbocycles. The summed E-state index contributed by atoms with van der Waals surface area (Å²) < 4.78 is 16.2. The van der Waals surface area contributed by atoms with Crippen molar-refractivity contribution in [3.8, 4) is 11.5 Å². The summed E-state index contributed by atoms with van der Waals surface area (Å²) in [5.41, 5.74) is 2.37. The summed E-state index contributed by atoms with van der Waals surface area (Å²) in [6, 6.07) is 12.7. The van der Waals surface area contributed by atoms with Gasteiger partial charge in [-0.1, -0.05) is 29.8 Å². The van der Waals surface area contributed by atoms with Gasteiger partial charge in [0.05, 0.1) is 45.0 Å². The van der Waals surface area contributed by atoms with Gasteiger partial charge in [-0.15, -0.1) is 0 Å². The Morgan fingerprint density at radius 3 is 2.67 bits per heavy atom. The van der Waals surface area contributed by atoms with Gasteiger partial charge in [-0.2, -0.15) is 5.10 Å². The molecule has 0 unspecified atom stereocenters. The highest BCUT2D eigenvalue weighted by Crippen LogP contribution is 2.40. The van der Waals surface area contributed by atoms with Crippen LogP contribution in [0.5, 0.6) is 11.5 Å². The maximum Gasteiger partial charge on any atom is 0.310 e. The SMILES string of the molecule is CCOC(=O)[C@@H]1CCCN(CC(=O)N2N=C(c3ccccc3Cl)C[C@H]2c2ccc(OC)cc2OC)C1. The van der Waals surface area contributed by atoms with Crippen LogP contribution in [0.2, 0.25) is 5.02 Å². The van der Waals surface area contributed by atoms with E-state index in [1.807, 2.05) is 41.3 Å². The van der Waals surface area contributed by atoms with E-state index in [1.54, 1.807) is 27.2 Å². The maximum absolute atomic E-state index is 13.6. The predicted molar refractivity (Wildman–Crippen MR) is 138 cm³/mol. The highest BCUT2D eigenvalue weighted by Gasteiger charge is 2.37. The third-order valence-corrected chi connectivity index (χ3v) is 6.96. The number of benzene rings is 2. The molecule has 0 bridgehead atoms. The number of likely N-dealkylation sites (tertiary alicyclic amines) is 1. The molecule has 2 atom stereocenters. The van der Waals surface area contributed by atoms with Crippen molar-refractivity contribution in [1.29, 1.82) is 0 Å². The lowest BCUT2D eigenvalue weighted by Gasteiger charge is -2.32. The number of hydrogen-bond acceptors (Lipinski definition) is 7. The van der Waals surface area contributed by atoms with E-state index in [4.69, 9.17) is 30.9 Å². The molecule has 4 rings (SSSR count). The molecule has 0 aliphatic carbocycles. The van der Waals surface area contributed by atoms with Crippen LogP contribution in [0.1, 0.15) is 43.4 Å². The van der Waals surface area contributed by atoms with E-state index in [9.17, 15) is 9.59 Å². The molecular formula is C27H32ClN3O5. The second-order valence-corrected chi connectivity index (χ2v) is 9.33. The van der Waals surface area contributed by atoms with Crippen LogP contribution in [0.3, 0.4) is 0 Å². The number of ether oxygens (including phenoxy) is 3. The fourth-order valence-electron chi connectivity index (χ4n) is 4.85. The predicted octanol–water partition coefficient (Wildman–Crippen LogP) is 4.31. The number of carbonyl (C=O) groups is 2. The van der Waals surface area contributed by atoms with Crippen molar-refractivity contribution in [3.63, 3.8) is 0 Å². The van der Waals surface area contributed by atoms with Gasteiger partial charge in [-0.3, -0.25) is 14.5 Å². The molecule has 2 aliphatic heterocycles.